The first-order valence-corrected chi connectivity index (χ1v) is 10.0. The standard InChI is InChI=1S/C21H33N3O2/c1-26-15-14-23-11-5-6-18(17-23)16-22-21(25)24-12-9-20(10-13-24)19-7-3-2-4-8-19/h2-4,7-8,18,20H,5-6,9-17H2,1H3,(H,22,25). The zero-order valence-corrected chi connectivity index (χ0v) is 16.0. The molecule has 1 unspecified atom stereocenters. The lowest BCUT2D eigenvalue weighted by Gasteiger charge is -2.35. The molecule has 3 rings (SSSR count). The lowest BCUT2D eigenvalue weighted by molar-refractivity contribution is 0.113. The number of carbonyl (C=O) groups excluding carboxylic acids is 1. The molecule has 0 radical (unpaired) electrons. The van der Waals surface area contributed by atoms with Crippen molar-refractivity contribution in [2.75, 3.05) is 53.0 Å². The third-order valence-corrected chi connectivity index (χ3v) is 5.81. The van der Waals surface area contributed by atoms with Gasteiger partial charge < -0.3 is 19.9 Å². The Balaban J connectivity index is 1.38. The molecule has 2 saturated heterocycles. The van der Waals surface area contributed by atoms with Crippen molar-refractivity contribution >= 4 is 6.03 Å². The molecular formula is C21H33N3O2. The average molecular weight is 360 g/mol. The van der Waals surface area contributed by atoms with Gasteiger partial charge in [0.1, 0.15) is 0 Å². The van der Waals surface area contributed by atoms with Crippen LogP contribution in [0, 0.1) is 5.92 Å². The third kappa shape index (κ3) is 5.45. The molecule has 0 saturated carbocycles. The minimum absolute atomic E-state index is 0.116. The predicted molar refractivity (Wildman–Crippen MR) is 104 cm³/mol. The van der Waals surface area contributed by atoms with E-state index in [-0.39, 0.29) is 6.03 Å². The number of ether oxygens (including phenoxy) is 1. The molecule has 1 N–H and O–H groups in total. The number of nitrogens with zero attached hydrogens (tertiary/aromatic N) is 2. The van der Waals surface area contributed by atoms with E-state index in [1.54, 1.807) is 7.11 Å². The molecule has 144 valence electrons. The summed E-state index contributed by atoms with van der Waals surface area (Å²) in [6.07, 6.45) is 4.55. The maximum absolute atomic E-state index is 12.5. The number of likely N-dealkylation sites (tertiary alicyclic amines) is 2. The van der Waals surface area contributed by atoms with Gasteiger partial charge in [0.25, 0.3) is 0 Å². The number of hydrogen-bond acceptors (Lipinski definition) is 3. The van der Waals surface area contributed by atoms with E-state index in [9.17, 15) is 4.79 Å². The fraction of sp³-hybridized carbons (Fsp3) is 0.667. The number of rotatable bonds is 6. The Labute approximate surface area is 157 Å². The largest absolute Gasteiger partial charge is 0.383 e. The molecule has 5 nitrogen and oxygen atoms in total. The summed E-state index contributed by atoms with van der Waals surface area (Å²) in [6, 6.07) is 10.8. The predicted octanol–water partition coefficient (Wildman–Crippen LogP) is 2.93. The van der Waals surface area contributed by atoms with Gasteiger partial charge in [-0.05, 0) is 49.6 Å². The molecule has 2 heterocycles. The monoisotopic (exact) mass is 359 g/mol. The molecular weight excluding hydrogens is 326 g/mol. The van der Waals surface area contributed by atoms with Gasteiger partial charge in [-0.2, -0.15) is 0 Å². The van der Waals surface area contributed by atoms with Crippen LogP contribution in [-0.4, -0.2) is 68.8 Å². The van der Waals surface area contributed by atoms with E-state index in [0.29, 0.717) is 11.8 Å². The van der Waals surface area contributed by atoms with Gasteiger partial charge in [0.05, 0.1) is 6.61 Å². The van der Waals surface area contributed by atoms with Crippen LogP contribution < -0.4 is 5.32 Å². The van der Waals surface area contributed by atoms with E-state index in [2.05, 4.69) is 40.5 Å². The van der Waals surface area contributed by atoms with Gasteiger partial charge in [0.2, 0.25) is 0 Å². The van der Waals surface area contributed by atoms with Crippen molar-refractivity contribution in [3.63, 3.8) is 0 Å². The number of hydrogen-bond donors (Lipinski definition) is 1. The summed E-state index contributed by atoms with van der Waals surface area (Å²) in [6.45, 7) is 6.51. The molecule has 1 aromatic carbocycles. The second kappa shape index (κ2) is 9.93. The minimum Gasteiger partial charge on any atom is -0.383 e. The summed E-state index contributed by atoms with van der Waals surface area (Å²) in [7, 11) is 1.75. The highest BCUT2D eigenvalue weighted by molar-refractivity contribution is 5.74. The number of benzene rings is 1. The van der Waals surface area contributed by atoms with Crippen molar-refractivity contribution in [3.8, 4) is 0 Å². The summed E-state index contributed by atoms with van der Waals surface area (Å²) in [5.41, 5.74) is 1.41. The highest BCUT2D eigenvalue weighted by Crippen LogP contribution is 2.27. The second-order valence-electron chi connectivity index (χ2n) is 7.66. The number of nitrogens with one attached hydrogen (secondary N) is 1. The van der Waals surface area contributed by atoms with Crippen molar-refractivity contribution < 1.29 is 9.53 Å². The maximum atomic E-state index is 12.5. The van der Waals surface area contributed by atoms with E-state index in [1.165, 1.54) is 18.4 Å². The van der Waals surface area contributed by atoms with E-state index >= 15 is 0 Å². The van der Waals surface area contributed by atoms with Gasteiger partial charge in [-0.3, -0.25) is 0 Å². The Morgan fingerprint density at radius 2 is 1.92 bits per heavy atom. The minimum atomic E-state index is 0.116. The van der Waals surface area contributed by atoms with Crippen LogP contribution in [0.4, 0.5) is 4.79 Å². The van der Waals surface area contributed by atoms with Crippen molar-refractivity contribution in [1.29, 1.82) is 0 Å². The summed E-state index contributed by atoms with van der Waals surface area (Å²) >= 11 is 0. The first-order valence-electron chi connectivity index (χ1n) is 10.0. The van der Waals surface area contributed by atoms with Crippen molar-refractivity contribution in [1.82, 2.24) is 15.1 Å². The van der Waals surface area contributed by atoms with E-state index in [1.807, 2.05) is 4.90 Å². The quantitative estimate of drug-likeness (QED) is 0.849. The van der Waals surface area contributed by atoms with Crippen LogP contribution in [-0.2, 0) is 4.74 Å². The number of piperidine rings is 2. The van der Waals surface area contributed by atoms with Crippen LogP contribution in [0.5, 0.6) is 0 Å². The van der Waals surface area contributed by atoms with Crippen molar-refractivity contribution in [2.45, 2.75) is 31.6 Å². The molecule has 2 aliphatic rings. The summed E-state index contributed by atoms with van der Waals surface area (Å²) in [5, 5.41) is 3.18. The molecule has 0 aromatic heterocycles. The molecule has 5 heteroatoms. The van der Waals surface area contributed by atoms with Crippen LogP contribution in [0.25, 0.3) is 0 Å². The zero-order valence-electron chi connectivity index (χ0n) is 16.0. The molecule has 1 aromatic rings. The van der Waals surface area contributed by atoms with Crippen LogP contribution in [0.15, 0.2) is 30.3 Å². The molecule has 2 amide bonds. The van der Waals surface area contributed by atoms with E-state index < -0.39 is 0 Å². The smallest absolute Gasteiger partial charge is 0.317 e. The number of urea groups is 1. The first-order chi connectivity index (χ1) is 12.8. The fourth-order valence-corrected chi connectivity index (χ4v) is 4.23. The molecule has 2 aliphatic heterocycles. The van der Waals surface area contributed by atoms with E-state index in [0.717, 1.165) is 58.7 Å². The summed E-state index contributed by atoms with van der Waals surface area (Å²) in [5.74, 6) is 1.15. The normalized spacial score (nSPS) is 22.3. The Morgan fingerprint density at radius 3 is 2.65 bits per heavy atom. The average Bonchev–Trinajstić information content (AvgIpc) is 2.71. The molecule has 2 fully saturated rings. The van der Waals surface area contributed by atoms with Gasteiger partial charge in [0, 0.05) is 39.8 Å². The first kappa shape index (κ1) is 19.2. The van der Waals surface area contributed by atoms with Gasteiger partial charge in [-0.15, -0.1) is 0 Å². The zero-order chi connectivity index (χ0) is 18.2. The molecule has 0 aliphatic carbocycles. The molecule has 1 atom stereocenters. The summed E-state index contributed by atoms with van der Waals surface area (Å²) in [4.78, 5) is 17.0. The highest BCUT2D eigenvalue weighted by atomic mass is 16.5. The lowest BCUT2D eigenvalue weighted by atomic mass is 9.90. The highest BCUT2D eigenvalue weighted by Gasteiger charge is 2.25. The Morgan fingerprint density at radius 1 is 1.15 bits per heavy atom. The lowest BCUT2D eigenvalue weighted by Crippen LogP contribution is -2.47. The Bertz CT molecular complexity index is 543. The van der Waals surface area contributed by atoms with Crippen LogP contribution in [0.1, 0.15) is 37.2 Å². The molecule has 26 heavy (non-hydrogen) atoms. The van der Waals surface area contributed by atoms with Gasteiger partial charge >= 0.3 is 6.03 Å². The number of methoxy groups -OCH3 is 1. The van der Waals surface area contributed by atoms with Crippen LogP contribution >= 0.6 is 0 Å². The Hall–Kier alpha value is -1.59. The fourth-order valence-electron chi connectivity index (χ4n) is 4.23. The Kier molecular flexibility index (Phi) is 7.32. The third-order valence-electron chi connectivity index (χ3n) is 5.81. The van der Waals surface area contributed by atoms with Crippen LogP contribution in [0.2, 0.25) is 0 Å². The second-order valence-corrected chi connectivity index (χ2v) is 7.66. The SMILES string of the molecule is COCCN1CCCC(CNC(=O)N2CCC(c3ccccc3)CC2)C1. The van der Waals surface area contributed by atoms with Gasteiger partial charge in [0.15, 0.2) is 0 Å². The maximum Gasteiger partial charge on any atom is 0.317 e. The molecule has 0 bridgehead atoms. The van der Waals surface area contributed by atoms with Gasteiger partial charge in [-0.1, -0.05) is 30.3 Å². The summed E-state index contributed by atoms with van der Waals surface area (Å²) < 4.78 is 5.18. The van der Waals surface area contributed by atoms with E-state index in [4.69, 9.17) is 4.74 Å². The number of carbonyl (C=O) groups is 1. The molecule has 0 spiro atoms. The van der Waals surface area contributed by atoms with Crippen molar-refractivity contribution in [3.05, 3.63) is 35.9 Å². The van der Waals surface area contributed by atoms with Gasteiger partial charge in [-0.25, -0.2) is 4.79 Å². The number of amides is 2. The van der Waals surface area contributed by atoms with Crippen LogP contribution in [0.3, 0.4) is 0 Å². The topological polar surface area (TPSA) is 44.8 Å². The van der Waals surface area contributed by atoms with Crippen molar-refractivity contribution in [2.24, 2.45) is 5.92 Å².